The molecule has 3 heterocycles. The zero-order valence-electron chi connectivity index (χ0n) is 24.1. The lowest BCUT2D eigenvalue weighted by atomic mass is 9.71. The number of carbonyl (C=O) groups excluding carboxylic acids is 1. The Kier molecular flexibility index (Phi) is 7.45. The van der Waals surface area contributed by atoms with Crippen molar-refractivity contribution >= 4 is 11.7 Å². The molecule has 1 spiro atoms. The average Bonchev–Trinajstić information content (AvgIpc) is 3.49. The molecule has 0 bridgehead atoms. The molecular formula is C32H39FN6O2. The number of piperazine rings is 1. The Morgan fingerprint density at radius 1 is 1.22 bits per heavy atom. The van der Waals surface area contributed by atoms with Gasteiger partial charge in [0, 0.05) is 37.8 Å². The molecule has 2 aromatic rings. The first-order valence-corrected chi connectivity index (χ1v) is 14.8. The van der Waals surface area contributed by atoms with Gasteiger partial charge < -0.3 is 14.5 Å². The minimum absolute atomic E-state index is 0.0137. The molecule has 8 nitrogen and oxygen atoms in total. The maximum absolute atomic E-state index is 14.0. The lowest BCUT2D eigenvalue weighted by Gasteiger charge is -2.42. The van der Waals surface area contributed by atoms with E-state index in [1.165, 1.54) is 22.8 Å². The number of ether oxygens (including phenoxy) is 1. The normalized spacial score (nSPS) is 27.4. The topological polar surface area (TPSA) is 85.6 Å². The van der Waals surface area contributed by atoms with Gasteiger partial charge in [0.25, 0.3) is 0 Å². The number of carbonyl (C=O) groups is 1. The van der Waals surface area contributed by atoms with Crippen LogP contribution in [0.3, 0.4) is 0 Å². The van der Waals surface area contributed by atoms with Crippen LogP contribution >= 0.6 is 0 Å². The van der Waals surface area contributed by atoms with Crippen molar-refractivity contribution in [3.8, 4) is 12.1 Å². The number of anilines is 1. The molecule has 9 heteroatoms. The quantitative estimate of drug-likeness (QED) is 0.501. The number of rotatable bonds is 6. The first-order chi connectivity index (χ1) is 19.8. The fraction of sp³-hybridized carbons (Fsp3) is 0.562. The number of amides is 1. The van der Waals surface area contributed by atoms with Gasteiger partial charge in [-0.15, -0.1) is 0 Å². The van der Waals surface area contributed by atoms with Crippen molar-refractivity contribution in [2.24, 2.45) is 5.41 Å². The Morgan fingerprint density at radius 2 is 2.07 bits per heavy atom. The van der Waals surface area contributed by atoms with Crippen molar-refractivity contribution in [1.29, 1.82) is 5.26 Å². The Balaban J connectivity index is 1.31. The Labute approximate surface area is 241 Å². The van der Waals surface area contributed by atoms with E-state index in [2.05, 4.69) is 42.7 Å². The highest BCUT2D eigenvalue weighted by Crippen LogP contribution is 2.48. The number of likely N-dealkylation sites (tertiary alicyclic amines) is 1. The fourth-order valence-corrected chi connectivity index (χ4v) is 7.49. The summed E-state index contributed by atoms with van der Waals surface area (Å²) in [6, 6.07) is 8.95. The van der Waals surface area contributed by atoms with Crippen molar-refractivity contribution in [2.75, 3.05) is 44.7 Å². The third-order valence-electron chi connectivity index (χ3n) is 9.73. The maximum Gasteiger partial charge on any atom is 0.318 e. The van der Waals surface area contributed by atoms with Crippen molar-refractivity contribution in [2.45, 2.75) is 70.1 Å². The molecule has 2 fully saturated rings. The summed E-state index contributed by atoms with van der Waals surface area (Å²) in [4.78, 5) is 28.4. The molecule has 2 aliphatic heterocycles. The second kappa shape index (κ2) is 11.1. The van der Waals surface area contributed by atoms with Gasteiger partial charge in [0.2, 0.25) is 5.91 Å². The summed E-state index contributed by atoms with van der Waals surface area (Å²) < 4.78 is 20.2. The van der Waals surface area contributed by atoms with Crippen molar-refractivity contribution in [3.05, 3.63) is 58.8 Å². The van der Waals surface area contributed by atoms with Crippen molar-refractivity contribution < 1.29 is 13.9 Å². The minimum Gasteiger partial charge on any atom is -0.462 e. The maximum atomic E-state index is 14.0. The summed E-state index contributed by atoms with van der Waals surface area (Å²) in [6.07, 6.45) is 6.07. The number of nitriles is 1. The number of alkyl halides is 1. The van der Waals surface area contributed by atoms with Crippen LogP contribution in [-0.4, -0.2) is 83.8 Å². The monoisotopic (exact) mass is 558 g/mol. The van der Waals surface area contributed by atoms with Gasteiger partial charge in [-0.05, 0) is 80.7 Å². The third kappa shape index (κ3) is 5.30. The smallest absolute Gasteiger partial charge is 0.318 e. The van der Waals surface area contributed by atoms with E-state index in [0.29, 0.717) is 45.2 Å². The molecule has 4 aliphatic rings. The number of aromatic nitrogens is 2. The van der Waals surface area contributed by atoms with Gasteiger partial charge in [0.1, 0.15) is 18.6 Å². The zero-order valence-corrected chi connectivity index (χ0v) is 24.1. The van der Waals surface area contributed by atoms with Crippen molar-refractivity contribution in [1.82, 2.24) is 19.8 Å². The van der Waals surface area contributed by atoms with Gasteiger partial charge in [0.15, 0.2) is 0 Å². The molecule has 216 valence electrons. The SMILES string of the molecule is C=CC(=O)N1CCN(c2nc(OC[C@@H]3C[C@@H](F)CN3C)nc3c2CCC2(Cc4cccc(C)c4C2)C3)C[C@@H]1CC#N. The van der Waals surface area contributed by atoms with Gasteiger partial charge in [-0.3, -0.25) is 9.69 Å². The highest BCUT2D eigenvalue weighted by atomic mass is 19.1. The second-order valence-corrected chi connectivity index (χ2v) is 12.4. The molecule has 41 heavy (non-hydrogen) atoms. The molecule has 1 aromatic heterocycles. The zero-order chi connectivity index (χ0) is 28.7. The lowest BCUT2D eigenvalue weighted by Crippen LogP contribution is -2.55. The number of nitrogens with zero attached hydrogens (tertiary/aromatic N) is 6. The van der Waals surface area contributed by atoms with Crippen LogP contribution < -0.4 is 9.64 Å². The van der Waals surface area contributed by atoms with Crippen LogP contribution in [0.2, 0.25) is 0 Å². The van der Waals surface area contributed by atoms with Gasteiger partial charge >= 0.3 is 6.01 Å². The van der Waals surface area contributed by atoms with E-state index in [1.54, 1.807) is 4.90 Å². The lowest BCUT2D eigenvalue weighted by molar-refractivity contribution is -0.128. The van der Waals surface area contributed by atoms with Gasteiger partial charge in [0.05, 0.1) is 24.2 Å². The number of fused-ring (bicyclic) bond motifs is 2. The van der Waals surface area contributed by atoms with Gasteiger partial charge in [-0.2, -0.15) is 15.2 Å². The van der Waals surface area contributed by atoms with E-state index in [0.717, 1.165) is 49.2 Å². The number of benzene rings is 1. The molecule has 0 N–H and O–H groups in total. The molecule has 1 aromatic carbocycles. The molecule has 1 unspecified atom stereocenters. The predicted octanol–water partition coefficient (Wildman–Crippen LogP) is 3.60. The van der Waals surface area contributed by atoms with E-state index in [-0.39, 0.29) is 29.8 Å². The van der Waals surface area contributed by atoms with E-state index in [9.17, 15) is 14.4 Å². The summed E-state index contributed by atoms with van der Waals surface area (Å²) in [7, 11) is 1.93. The first kappa shape index (κ1) is 27.6. The van der Waals surface area contributed by atoms with Crippen LogP contribution in [0.1, 0.15) is 47.2 Å². The highest BCUT2D eigenvalue weighted by molar-refractivity contribution is 5.87. The first-order valence-electron chi connectivity index (χ1n) is 14.8. The molecule has 2 aliphatic carbocycles. The molecular weight excluding hydrogens is 519 g/mol. The fourth-order valence-electron chi connectivity index (χ4n) is 7.49. The highest BCUT2D eigenvalue weighted by Gasteiger charge is 2.43. The summed E-state index contributed by atoms with van der Waals surface area (Å²) in [5.74, 6) is 0.701. The standard InChI is InChI=1S/C32H39FN6O2/c1-4-29(40)39-13-12-38(19-24(39)9-11-34)30-26-8-10-32(15-22-7-5-6-21(2)27(22)16-32)17-28(26)35-31(36-30)41-20-25-14-23(33)18-37(25)3/h4-7,23-25H,1,8-10,12-20H2,2-3H3/t23-,24+,25+,32?/m1/s1. The summed E-state index contributed by atoms with van der Waals surface area (Å²) in [6.45, 7) is 8.22. The summed E-state index contributed by atoms with van der Waals surface area (Å²) in [5, 5.41) is 9.50. The summed E-state index contributed by atoms with van der Waals surface area (Å²) >= 11 is 0. The van der Waals surface area contributed by atoms with E-state index in [1.807, 2.05) is 11.9 Å². The van der Waals surface area contributed by atoms with Gasteiger partial charge in [-0.1, -0.05) is 24.8 Å². The molecule has 2 saturated heterocycles. The number of hydrogen-bond donors (Lipinski definition) is 0. The number of hydrogen-bond acceptors (Lipinski definition) is 7. The predicted molar refractivity (Wildman–Crippen MR) is 155 cm³/mol. The Hall–Kier alpha value is -3.51. The number of halogens is 1. The van der Waals surface area contributed by atoms with Crippen LogP contribution in [0.4, 0.5) is 10.2 Å². The number of likely N-dealkylation sites (N-methyl/N-ethyl adjacent to an activating group) is 1. The van der Waals surface area contributed by atoms with E-state index >= 15 is 0 Å². The van der Waals surface area contributed by atoms with Crippen LogP contribution in [0, 0.1) is 23.7 Å². The largest absolute Gasteiger partial charge is 0.462 e. The molecule has 4 atom stereocenters. The van der Waals surface area contributed by atoms with E-state index in [4.69, 9.17) is 14.7 Å². The second-order valence-electron chi connectivity index (χ2n) is 12.4. The van der Waals surface area contributed by atoms with Gasteiger partial charge in [-0.25, -0.2) is 4.39 Å². The van der Waals surface area contributed by atoms with Crippen LogP contribution in [0.15, 0.2) is 30.9 Å². The van der Waals surface area contributed by atoms with Crippen LogP contribution in [-0.2, 0) is 30.5 Å². The van der Waals surface area contributed by atoms with E-state index < -0.39 is 6.17 Å². The molecule has 0 radical (unpaired) electrons. The molecule has 0 saturated carbocycles. The Morgan fingerprint density at radius 3 is 2.80 bits per heavy atom. The molecule has 6 rings (SSSR count). The molecule has 1 amide bonds. The minimum atomic E-state index is -0.840. The van der Waals surface area contributed by atoms with Crippen LogP contribution in [0.25, 0.3) is 0 Å². The van der Waals surface area contributed by atoms with Crippen LogP contribution in [0.5, 0.6) is 6.01 Å². The summed E-state index contributed by atoms with van der Waals surface area (Å²) in [5.41, 5.74) is 6.61. The third-order valence-corrected chi connectivity index (χ3v) is 9.73. The average molecular weight is 559 g/mol. The number of aryl methyl sites for hydroxylation is 1. The Bertz CT molecular complexity index is 1390. The van der Waals surface area contributed by atoms with Crippen molar-refractivity contribution in [3.63, 3.8) is 0 Å².